The molecule has 0 aliphatic carbocycles. The van der Waals surface area contributed by atoms with Gasteiger partial charge in [-0.05, 0) is 42.0 Å². The van der Waals surface area contributed by atoms with Gasteiger partial charge in [0.1, 0.15) is 5.69 Å². The zero-order valence-corrected chi connectivity index (χ0v) is 16.8. The van der Waals surface area contributed by atoms with Crippen LogP contribution in [-0.2, 0) is 25.9 Å². The molecule has 1 amide bonds. The van der Waals surface area contributed by atoms with E-state index >= 15 is 0 Å². The molecule has 4 aromatic rings. The summed E-state index contributed by atoms with van der Waals surface area (Å²) < 4.78 is 79.6. The average Bonchev–Trinajstić information content (AvgIpc) is 3.36. The fourth-order valence-electron chi connectivity index (χ4n) is 3.36. The predicted octanol–water partition coefficient (Wildman–Crippen LogP) is 4.93. The SMILES string of the molecule is Cn1nc(-c2cc(C(=O)NCc3cc(C(F)(F)F)cc(C(F)(F)F)c3)c[nH]2)c2cccnc21. The van der Waals surface area contributed by atoms with Crippen LogP contribution in [0.5, 0.6) is 0 Å². The summed E-state index contributed by atoms with van der Waals surface area (Å²) in [4.78, 5) is 19.6. The van der Waals surface area contributed by atoms with Crippen LogP contribution >= 0.6 is 0 Å². The molecule has 6 nitrogen and oxygen atoms in total. The first-order chi connectivity index (χ1) is 15.4. The lowest BCUT2D eigenvalue weighted by Crippen LogP contribution is -2.23. The zero-order valence-electron chi connectivity index (χ0n) is 16.8. The standard InChI is InChI=1S/C21H15F6N5O/c1-32-18-15(3-2-4-28-18)17(31-32)16-7-12(10-29-16)19(33)30-9-11-5-13(20(22,23)24)8-14(6-11)21(25,26)27/h2-8,10,29H,9H2,1H3,(H,30,33). The van der Waals surface area contributed by atoms with Gasteiger partial charge < -0.3 is 10.3 Å². The van der Waals surface area contributed by atoms with Crippen LogP contribution in [-0.4, -0.2) is 25.7 Å². The number of pyridine rings is 1. The number of amides is 1. The first-order valence-electron chi connectivity index (χ1n) is 9.46. The molecular weight excluding hydrogens is 452 g/mol. The van der Waals surface area contributed by atoms with E-state index in [1.54, 1.807) is 30.1 Å². The Kier molecular flexibility index (Phi) is 5.38. The van der Waals surface area contributed by atoms with Crippen molar-refractivity contribution in [1.29, 1.82) is 0 Å². The van der Waals surface area contributed by atoms with E-state index in [2.05, 4.69) is 20.4 Å². The number of carbonyl (C=O) groups is 1. The number of carbonyl (C=O) groups excluding carboxylic acids is 1. The Balaban J connectivity index is 1.55. The van der Waals surface area contributed by atoms with Crippen LogP contribution in [0.3, 0.4) is 0 Å². The molecule has 1 aromatic carbocycles. The van der Waals surface area contributed by atoms with Crippen LogP contribution in [0.2, 0.25) is 0 Å². The number of aryl methyl sites for hydroxylation is 1. The Morgan fingerprint density at radius 1 is 1.06 bits per heavy atom. The highest BCUT2D eigenvalue weighted by Gasteiger charge is 2.36. The average molecular weight is 467 g/mol. The molecule has 3 heterocycles. The summed E-state index contributed by atoms with van der Waals surface area (Å²) in [6, 6.07) is 6.20. The van der Waals surface area contributed by atoms with Crippen molar-refractivity contribution >= 4 is 16.9 Å². The van der Waals surface area contributed by atoms with Crippen molar-refractivity contribution in [2.45, 2.75) is 18.9 Å². The van der Waals surface area contributed by atoms with Crippen molar-refractivity contribution in [2.75, 3.05) is 0 Å². The Bertz CT molecular complexity index is 1300. The molecule has 0 fully saturated rings. The van der Waals surface area contributed by atoms with Gasteiger partial charge in [-0.15, -0.1) is 0 Å². The second-order valence-electron chi connectivity index (χ2n) is 7.25. The summed E-state index contributed by atoms with van der Waals surface area (Å²) in [5.74, 6) is -0.679. The maximum absolute atomic E-state index is 13.0. The number of alkyl halides is 6. The quantitative estimate of drug-likeness (QED) is 0.418. The highest BCUT2D eigenvalue weighted by atomic mass is 19.4. The lowest BCUT2D eigenvalue weighted by molar-refractivity contribution is -0.143. The van der Waals surface area contributed by atoms with E-state index in [0.717, 1.165) is 5.39 Å². The van der Waals surface area contributed by atoms with Gasteiger partial charge in [0.05, 0.1) is 22.4 Å². The molecule has 0 aliphatic rings. The third-order valence-corrected chi connectivity index (χ3v) is 4.90. The fraction of sp³-hybridized carbons (Fsp3) is 0.190. The number of halogens is 6. The molecule has 0 atom stereocenters. The summed E-state index contributed by atoms with van der Waals surface area (Å²) in [6.07, 6.45) is -6.94. The number of benzene rings is 1. The van der Waals surface area contributed by atoms with Crippen LogP contribution in [0, 0.1) is 0 Å². The molecule has 0 bridgehead atoms. The molecule has 2 N–H and O–H groups in total. The van der Waals surface area contributed by atoms with E-state index < -0.39 is 35.9 Å². The van der Waals surface area contributed by atoms with E-state index in [1.165, 1.54) is 12.3 Å². The molecule has 4 rings (SSSR count). The molecular formula is C21H15F6N5O. The lowest BCUT2D eigenvalue weighted by Gasteiger charge is -2.14. The second kappa shape index (κ2) is 7.94. The van der Waals surface area contributed by atoms with Gasteiger partial charge in [0.25, 0.3) is 5.91 Å². The minimum atomic E-state index is -4.96. The number of hydrogen-bond acceptors (Lipinski definition) is 3. The lowest BCUT2D eigenvalue weighted by atomic mass is 10.0. The Morgan fingerprint density at radius 2 is 1.73 bits per heavy atom. The Morgan fingerprint density at radius 3 is 2.36 bits per heavy atom. The van der Waals surface area contributed by atoms with Gasteiger partial charge in [-0.2, -0.15) is 31.4 Å². The Labute approximate surface area is 182 Å². The molecule has 0 aliphatic heterocycles. The molecule has 12 heteroatoms. The molecule has 3 aromatic heterocycles. The summed E-state index contributed by atoms with van der Waals surface area (Å²) in [6.45, 7) is -0.525. The number of aromatic amines is 1. The highest BCUT2D eigenvalue weighted by molar-refractivity contribution is 5.97. The second-order valence-corrected chi connectivity index (χ2v) is 7.25. The number of rotatable bonds is 4. The van der Waals surface area contributed by atoms with Gasteiger partial charge in [0.15, 0.2) is 5.65 Å². The van der Waals surface area contributed by atoms with Gasteiger partial charge in [0.2, 0.25) is 0 Å². The van der Waals surface area contributed by atoms with E-state index in [0.29, 0.717) is 29.2 Å². The summed E-state index contributed by atoms with van der Waals surface area (Å²) >= 11 is 0. The normalized spacial score (nSPS) is 12.3. The minimum Gasteiger partial charge on any atom is -0.359 e. The van der Waals surface area contributed by atoms with Crippen LogP contribution < -0.4 is 5.32 Å². The highest BCUT2D eigenvalue weighted by Crippen LogP contribution is 2.36. The summed E-state index contributed by atoms with van der Waals surface area (Å²) in [5, 5.41) is 7.45. The van der Waals surface area contributed by atoms with E-state index in [4.69, 9.17) is 0 Å². The van der Waals surface area contributed by atoms with Crippen LogP contribution in [0.15, 0.2) is 48.8 Å². The maximum Gasteiger partial charge on any atom is 0.416 e. The van der Waals surface area contributed by atoms with Gasteiger partial charge in [-0.1, -0.05) is 0 Å². The predicted molar refractivity (Wildman–Crippen MR) is 106 cm³/mol. The van der Waals surface area contributed by atoms with Crippen molar-refractivity contribution in [1.82, 2.24) is 25.1 Å². The number of fused-ring (bicyclic) bond motifs is 1. The molecule has 172 valence electrons. The molecule has 0 unspecified atom stereocenters. The number of nitrogens with one attached hydrogen (secondary N) is 2. The molecule has 0 saturated heterocycles. The van der Waals surface area contributed by atoms with Crippen molar-refractivity contribution < 1.29 is 31.1 Å². The van der Waals surface area contributed by atoms with Crippen LogP contribution in [0.25, 0.3) is 22.4 Å². The number of aromatic nitrogens is 4. The number of nitrogens with zero attached hydrogens (tertiary/aromatic N) is 3. The third kappa shape index (κ3) is 4.54. The molecule has 33 heavy (non-hydrogen) atoms. The third-order valence-electron chi connectivity index (χ3n) is 4.90. The minimum absolute atomic E-state index is 0.0375. The van der Waals surface area contributed by atoms with E-state index in [9.17, 15) is 31.1 Å². The van der Waals surface area contributed by atoms with Crippen LogP contribution in [0.4, 0.5) is 26.3 Å². The Hall–Kier alpha value is -3.83. The first-order valence-corrected chi connectivity index (χ1v) is 9.46. The molecule has 0 saturated carbocycles. The maximum atomic E-state index is 13.0. The smallest absolute Gasteiger partial charge is 0.359 e. The van der Waals surface area contributed by atoms with Crippen molar-refractivity contribution in [3.05, 3.63) is 71.0 Å². The number of H-pyrrole nitrogens is 1. The van der Waals surface area contributed by atoms with Gasteiger partial charge in [-0.25, -0.2) is 9.67 Å². The monoisotopic (exact) mass is 467 g/mol. The summed E-state index contributed by atoms with van der Waals surface area (Å²) in [5.41, 5.74) is -1.43. The number of hydrogen-bond donors (Lipinski definition) is 2. The van der Waals surface area contributed by atoms with Gasteiger partial charge in [-0.3, -0.25) is 4.79 Å². The summed E-state index contributed by atoms with van der Waals surface area (Å²) in [7, 11) is 1.71. The van der Waals surface area contributed by atoms with Crippen molar-refractivity contribution in [3.8, 4) is 11.4 Å². The van der Waals surface area contributed by atoms with Crippen molar-refractivity contribution in [3.63, 3.8) is 0 Å². The van der Waals surface area contributed by atoms with E-state index in [1.807, 2.05) is 0 Å². The molecule has 0 radical (unpaired) electrons. The largest absolute Gasteiger partial charge is 0.416 e. The van der Waals surface area contributed by atoms with Crippen molar-refractivity contribution in [2.24, 2.45) is 7.05 Å². The first kappa shape index (κ1) is 22.4. The molecule has 0 spiro atoms. The van der Waals surface area contributed by atoms with E-state index in [-0.39, 0.29) is 17.2 Å². The van der Waals surface area contributed by atoms with Gasteiger partial charge in [0, 0.05) is 31.4 Å². The topological polar surface area (TPSA) is 75.6 Å². The van der Waals surface area contributed by atoms with Gasteiger partial charge >= 0.3 is 12.4 Å². The zero-order chi connectivity index (χ0) is 24.0. The fourth-order valence-corrected chi connectivity index (χ4v) is 3.36. The van der Waals surface area contributed by atoms with Crippen LogP contribution in [0.1, 0.15) is 27.0 Å².